The lowest BCUT2D eigenvalue weighted by molar-refractivity contribution is -0.112. The smallest absolute Gasteiger partial charge is 0.270 e. The topological polar surface area (TPSA) is 81.2 Å². The van der Waals surface area contributed by atoms with Gasteiger partial charge in [-0.15, -0.1) is 0 Å². The quantitative estimate of drug-likeness (QED) is 0.727. The summed E-state index contributed by atoms with van der Waals surface area (Å²) in [6, 6.07) is 7.73. The molecule has 0 aliphatic carbocycles. The molecular weight excluding hydrogens is 276 g/mol. The number of carbonyl (C=O) groups excluding carboxylic acids is 1. The van der Waals surface area contributed by atoms with Crippen LogP contribution in [0.3, 0.4) is 0 Å². The molecule has 0 radical (unpaired) electrons. The summed E-state index contributed by atoms with van der Waals surface area (Å²) in [6.45, 7) is 1.97. The molecule has 1 aliphatic rings. The average molecular weight is 288 g/mol. The second-order valence-electron chi connectivity index (χ2n) is 5.31. The number of rotatable bonds is 1. The molecule has 3 heterocycles. The van der Waals surface area contributed by atoms with Crippen LogP contribution in [0.15, 0.2) is 41.7 Å². The average Bonchev–Trinajstić information content (AvgIpc) is 2.85. The van der Waals surface area contributed by atoms with Crippen LogP contribution in [0.25, 0.3) is 28.1 Å². The highest BCUT2D eigenvalue weighted by molar-refractivity contribution is 6.06. The van der Waals surface area contributed by atoms with Gasteiger partial charge in [-0.05, 0) is 42.1 Å². The van der Waals surface area contributed by atoms with E-state index in [0.717, 1.165) is 32.8 Å². The molecule has 106 valence electrons. The molecule has 1 aromatic carbocycles. The third-order valence-corrected chi connectivity index (χ3v) is 3.82. The van der Waals surface area contributed by atoms with E-state index in [1.807, 2.05) is 31.2 Å². The van der Waals surface area contributed by atoms with Crippen LogP contribution in [0.4, 0.5) is 5.82 Å². The van der Waals surface area contributed by atoms with Gasteiger partial charge in [-0.1, -0.05) is 0 Å². The Balaban J connectivity index is 2.01. The molecule has 0 spiro atoms. The minimum atomic E-state index is -0.219. The van der Waals surface area contributed by atoms with Crippen LogP contribution in [-0.4, -0.2) is 15.9 Å². The highest BCUT2D eigenvalue weighted by atomic mass is 16.1. The fourth-order valence-electron chi connectivity index (χ4n) is 2.73. The second-order valence-corrected chi connectivity index (χ2v) is 5.31. The molecule has 2 N–H and O–H groups in total. The molecule has 0 unspecified atom stereocenters. The van der Waals surface area contributed by atoms with Crippen LogP contribution in [0.1, 0.15) is 5.56 Å². The maximum atomic E-state index is 11.4. The molecule has 1 aliphatic heterocycles. The van der Waals surface area contributed by atoms with Crippen molar-refractivity contribution in [3.05, 3.63) is 52.8 Å². The van der Waals surface area contributed by atoms with Gasteiger partial charge in [0.05, 0.1) is 11.1 Å². The monoisotopic (exact) mass is 288 g/mol. The van der Waals surface area contributed by atoms with Crippen LogP contribution in [0, 0.1) is 6.92 Å². The van der Waals surface area contributed by atoms with Crippen molar-refractivity contribution in [1.82, 2.24) is 9.97 Å². The zero-order chi connectivity index (χ0) is 15.3. The lowest BCUT2D eigenvalue weighted by Crippen LogP contribution is -2.22. The van der Waals surface area contributed by atoms with E-state index >= 15 is 0 Å². The lowest BCUT2D eigenvalue weighted by Gasteiger charge is -2.08. The molecule has 0 saturated carbocycles. The molecule has 0 atom stereocenters. The summed E-state index contributed by atoms with van der Waals surface area (Å²) in [5.41, 5.74) is 8.78. The standard InChI is InChI=1S/C17H12N4O/c1-9-4-14-11(7-16(22)20-14)5-12(9)15-6-10-2-3-19-8-13(10)17(18)21-15/h2-8H,1H3,(H2,18,21). The molecule has 5 heteroatoms. The number of hydrogen-bond acceptors (Lipinski definition) is 4. The van der Waals surface area contributed by atoms with Gasteiger partial charge in [-0.25, -0.2) is 9.98 Å². The Morgan fingerprint density at radius 2 is 2.05 bits per heavy atom. The maximum absolute atomic E-state index is 11.4. The molecule has 1 amide bonds. The fraction of sp³-hybridized carbons (Fsp3) is 0.0588. The SMILES string of the molecule is Cc1cc2c(cc1-c1cc3ccncc3c(N)n1)=CC(=O)N=2. The molecule has 22 heavy (non-hydrogen) atoms. The summed E-state index contributed by atoms with van der Waals surface area (Å²) < 4.78 is 0. The van der Waals surface area contributed by atoms with Crippen LogP contribution >= 0.6 is 0 Å². The third-order valence-electron chi connectivity index (χ3n) is 3.82. The van der Waals surface area contributed by atoms with Gasteiger partial charge in [0.25, 0.3) is 5.91 Å². The summed E-state index contributed by atoms with van der Waals surface area (Å²) in [5.74, 6) is 0.230. The molecule has 0 saturated heterocycles. The van der Waals surface area contributed by atoms with E-state index in [9.17, 15) is 4.79 Å². The minimum Gasteiger partial charge on any atom is -0.383 e. The van der Waals surface area contributed by atoms with E-state index < -0.39 is 0 Å². The van der Waals surface area contributed by atoms with E-state index in [1.54, 1.807) is 12.4 Å². The second kappa shape index (κ2) is 4.46. The molecule has 0 fully saturated rings. The van der Waals surface area contributed by atoms with E-state index in [4.69, 9.17) is 5.73 Å². The van der Waals surface area contributed by atoms with Gasteiger partial charge in [-0.3, -0.25) is 9.78 Å². The highest BCUT2D eigenvalue weighted by Crippen LogP contribution is 2.26. The van der Waals surface area contributed by atoms with Gasteiger partial charge in [0, 0.05) is 34.6 Å². The van der Waals surface area contributed by atoms with Crippen molar-refractivity contribution in [2.24, 2.45) is 4.99 Å². The Labute approximate surface area is 125 Å². The van der Waals surface area contributed by atoms with Crippen molar-refractivity contribution in [1.29, 1.82) is 0 Å². The van der Waals surface area contributed by atoms with Crippen molar-refractivity contribution >= 4 is 28.6 Å². The number of nitrogen functional groups attached to an aromatic ring is 1. The number of amides is 1. The first-order chi connectivity index (χ1) is 10.6. The Bertz CT molecular complexity index is 1070. The molecule has 4 rings (SSSR count). The largest absolute Gasteiger partial charge is 0.383 e. The van der Waals surface area contributed by atoms with Gasteiger partial charge in [-0.2, -0.15) is 0 Å². The molecule has 5 nitrogen and oxygen atoms in total. The summed E-state index contributed by atoms with van der Waals surface area (Å²) in [7, 11) is 0. The van der Waals surface area contributed by atoms with Crippen LogP contribution in [0.5, 0.6) is 0 Å². The number of anilines is 1. The zero-order valence-corrected chi connectivity index (χ0v) is 11.9. The number of hydrogen-bond donors (Lipinski definition) is 1. The minimum absolute atomic E-state index is 0.219. The Hall–Kier alpha value is -3.08. The fourth-order valence-corrected chi connectivity index (χ4v) is 2.73. The van der Waals surface area contributed by atoms with E-state index in [1.165, 1.54) is 6.08 Å². The number of aromatic nitrogens is 2. The molecule has 2 aromatic heterocycles. The van der Waals surface area contributed by atoms with Crippen molar-refractivity contribution in [2.75, 3.05) is 5.73 Å². The van der Waals surface area contributed by atoms with Crippen molar-refractivity contribution in [3.8, 4) is 11.3 Å². The Morgan fingerprint density at radius 1 is 1.18 bits per heavy atom. The number of nitrogens with two attached hydrogens (primary N) is 1. The van der Waals surface area contributed by atoms with Crippen molar-refractivity contribution in [3.63, 3.8) is 0 Å². The van der Waals surface area contributed by atoms with E-state index in [0.29, 0.717) is 11.2 Å². The first-order valence-electron chi connectivity index (χ1n) is 6.87. The normalized spacial score (nSPS) is 12.9. The summed E-state index contributed by atoms with van der Waals surface area (Å²) in [5, 5.41) is 3.36. The predicted molar refractivity (Wildman–Crippen MR) is 84.4 cm³/mol. The van der Waals surface area contributed by atoms with Crippen molar-refractivity contribution < 1.29 is 4.79 Å². The molecular formula is C17H12N4O. The van der Waals surface area contributed by atoms with Gasteiger partial charge >= 0.3 is 0 Å². The highest BCUT2D eigenvalue weighted by Gasteiger charge is 2.11. The van der Waals surface area contributed by atoms with Crippen LogP contribution < -0.4 is 16.3 Å². The van der Waals surface area contributed by atoms with Gasteiger partial charge in [0.2, 0.25) is 0 Å². The Morgan fingerprint density at radius 3 is 2.91 bits per heavy atom. The lowest BCUT2D eigenvalue weighted by atomic mass is 10.0. The first-order valence-corrected chi connectivity index (χ1v) is 6.87. The van der Waals surface area contributed by atoms with Crippen molar-refractivity contribution in [2.45, 2.75) is 6.92 Å². The maximum Gasteiger partial charge on any atom is 0.270 e. The number of carbonyl (C=O) groups is 1. The molecule has 0 bridgehead atoms. The summed E-state index contributed by atoms with van der Waals surface area (Å²) in [6.07, 6.45) is 4.97. The predicted octanol–water partition coefficient (Wildman–Crippen LogP) is 1.13. The summed E-state index contributed by atoms with van der Waals surface area (Å²) in [4.78, 5) is 24.0. The zero-order valence-electron chi connectivity index (χ0n) is 11.9. The number of pyridine rings is 2. The van der Waals surface area contributed by atoms with Crippen LogP contribution in [0.2, 0.25) is 0 Å². The van der Waals surface area contributed by atoms with Gasteiger partial charge in [0.1, 0.15) is 5.82 Å². The van der Waals surface area contributed by atoms with Gasteiger partial charge < -0.3 is 5.73 Å². The number of aryl methyl sites for hydroxylation is 1. The third kappa shape index (κ3) is 1.87. The van der Waals surface area contributed by atoms with E-state index in [2.05, 4.69) is 15.0 Å². The molecule has 3 aromatic rings. The number of fused-ring (bicyclic) bond motifs is 2. The Kier molecular flexibility index (Phi) is 2.56. The van der Waals surface area contributed by atoms with Crippen LogP contribution in [-0.2, 0) is 4.79 Å². The number of benzene rings is 1. The first kappa shape index (κ1) is 12.6. The summed E-state index contributed by atoms with van der Waals surface area (Å²) >= 11 is 0. The number of nitrogens with zero attached hydrogens (tertiary/aromatic N) is 3. The van der Waals surface area contributed by atoms with E-state index in [-0.39, 0.29) is 5.91 Å². The van der Waals surface area contributed by atoms with Gasteiger partial charge in [0.15, 0.2) is 0 Å².